The number of benzene rings is 3. The number of hydrogen-bond acceptors (Lipinski definition) is 5. The summed E-state index contributed by atoms with van der Waals surface area (Å²) in [7, 11) is 1.72. The van der Waals surface area contributed by atoms with Gasteiger partial charge in [0.05, 0.1) is 12.1 Å². The Morgan fingerprint density at radius 2 is 1.81 bits per heavy atom. The molecule has 0 saturated heterocycles. The predicted molar refractivity (Wildman–Crippen MR) is 150 cm³/mol. The number of amides is 1. The molecule has 1 aliphatic heterocycles. The van der Waals surface area contributed by atoms with Crippen LogP contribution in [0.3, 0.4) is 0 Å². The van der Waals surface area contributed by atoms with Gasteiger partial charge in [0.25, 0.3) is 0 Å². The summed E-state index contributed by atoms with van der Waals surface area (Å²) in [6.07, 6.45) is 3.82. The summed E-state index contributed by atoms with van der Waals surface area (Å²) >= 11 is 3.17. The van der Waals surface area contributed by atoms with Crippen molar-refractivity contribution in [2.75, 3.05) is 12.4 Å². The summed E-state index contributed by atoms with van der Waals surface area (Å²) in [5.41, 5.74) is 1.91. The van der Waals surface area contributed by atoms with Crippen LogP contribution in [-0.4, -0.2) is 22.8 Å². The number of carbonyl (C=O) groups is 1. The van der Waals surface area contributed by atoms with E-state index in [4.69, 9.17) is 4.74 Å². The SMILES string of the molecule is COc1ccccc1[C@@H]1c2sc(=O)n(CC(=O)Nc3ccc4ccccc4c3)c2SC2C3CCC(C3)C21. The first kappa shape index (κ1) is 23.1. The molecule has 188 valence electrons. The first-order valence-electron chi connectivity index (χ1n) is 12.9. The molecule has 37 heavy (non-hydrogen) atoms. The number of ether oxygens (including phenoxy) is 1. The van der Waals surface area contributed by atoms with Crippen molar-refractivity contribution in [3.8, 4) is 5.75 Å². The minimum absolute atomic E-state index is 0.0224. The maximum Gasteiger partial charge on any atom is 0.308 e. The smallest absolute Gasteiger partial charge is 0.308 e. The zero-order chi connectivity index (χ0) is 25.1. The van der Waals surface area contributed by atoms with E-state index in [9.17, 15) is 9.59 Å². The molecule has 7 heteroatoms. The number of hydrogen-bond donors (Lipinski definition) is 1. The summed E-state index contributed by atoms with van der Waals surface area (Å²) in [6.45, 7) is 0.0224. The number of rotatable bonds is 5. The maximum absolute atomic E-state index is 13.4. The van der Waals surface area contributed by atoms with Crippen molar-refractivity contribution in [2.24, 2.45) is 17.8 Å². The van der Waals surface area contributed by atoms with Crippen LogP contribution in [0.15, 0.2) is 76.6 Å². The van der Waals surface area contributed by atoms with Gasteiger partial charge < -0.3 is 10.1 Å². The van der Waals surface area contributed by atoms with Gasteiger partial charge in [-0.25, -0.2) is 0 Å². The Morgan fingerprint density at radius 1 is 1.03 bits per heavy atom. The Balaban J connectivity index is 1.24. The van der Waals surface area contributed by atoms with E-state index < -0.39 is 0 Å². The summed E-state index contributed by atoms with van der Waals surface area (Å²) in [4.78, 5) is 27.6. The molecule has 4 aromatic rings. The minimum atomic E-state index is -0.178. The lowest BCUT2D eigenvalue weighted by atomic mass is 9.74. The molecular weight excluding hydrogens is 500 g/mol. The van der Waals surface area contributed by atoms with Crippen molar-refractivity contribution in [2.45, 2.75) is 42.0 Å². The quantitative estimate of drug-likeness (QED) is 0.327. The first-order chi connectivity index (χ1) is 18.1. The van der Waals surface area contributed by atoms with Crippen molar-refractivity contribution in [3.05, 3.63) is 86.8 Å². The number of aromatic nitrogens is 1. The van der Waals surface area contributed by atoms with E-state index in [1.54, 1.807) is 11.7 Å². The molecule has 1 aromatic heterocycles. The molecule has 3 aliphatic rings. The van der Waals surface area contributed by atoms with E-state index in [0.29, 0.717) is 23.0 Å². The van der Waals surface area contributed by atoms with E-state index in [2.05, 4.69) is 23.5 Å². The van der Waals surface area contributed by atoms with Crippen LogP contribution in [0.4, 0.5) is 5.69 Å². The molecule has 2 aliphatic carbocycles. The van der Waals surface area contributed by atoms with E-state index in [1.165, 1.54) is 36.2 Å². The molecule has 2 heterocycles. The lowest BCUT2D eigenvalue weighted by Crippen LogP contribution is -2.35. The molecule has 3 aromatic carbocycles. The lowest BCUT2D eigenvalue weighted by Gasteiger charge is -2.40. The van der Waals surface area contributed by atoms with Gasteiger partial charge in [-0.15, -0.1) is 11.8 Å². The van der Waals surface area contributed by atoms with Crippen LogP contribution in [0.25, 0.3) is 10.8 Å². The third kappa shape index (κ3) is 3.82. The minimum Gasteiger partial charge on any atom is -0.496 e. The van der Waals surface area contributed by atoms with Gasteiger partial charge in [-0.05, 0) is 66.0 Å². The van der Waals surface area contributed by atoms with Gasteiger partial charge >= 0.3 is 4.87 Å². The molecule has 4 unspecified atom stereocenters. The fourth-order valence-corrected chi connectivity index (χ4v) is 10.1. The Labute approximate surface area is 223 Å². The third-order valence-corrected chi connectivity index (χ3v) is 11.3. The van der Waals surface area contributed by atoms with E-state index in [0.717, 1.165) is 32.1 Å². The van der Waals surface area contributed by atoms with Crippen LogP contribution in [0.2, 0.25) is 0 Å². The number of thioether (sulfide) groups is 1. The number of nitrogens with zero attached hydrogens (tertiary/aromatic N) is 1. The largest absolute Gasteiger partial charge is 0.496 e. The van der Waals surface area contributed by atoms with Crippen molar-refractivity contribution in [1.82, 2.24) is 4.57 Å². The number of methoxy groups -OCH3 is 1. The van der Waals surface area contributed by atoms with Crippen LogP contribution in [0, 0.1) is 17.8 Å². The number of anilines is 1. The van der Waals surface area contributed by atoms with Crippen LogP contribution in [0.5, 0.6) is 5.75 Å². The van der Waals surface area contributed by atoms with E-state index in [-0.39, 0.29) is 23.2 Å². The first-order valence-corrected chi connectivity index (χ1v) is 14.6. The van der Waals surface area contributed by atoms with Crippen molar-refractivity contribution < 1.29 is 9.53 Å². The summed E-state index contributed by atoms with van der Waals surface area (Å²) < 4.78 is 7.50. The number of thiazole rings is 1. The molecular formula is C30H28N2O3S2. The van der Waals surface area contributed by atoms with Gasteiger partial charge in [0.2, 0.25) is 5.91 Å². The summed E-state index contributed by atoms with van der Waals surface area (Å²) in [5, 5.41) is 6.67. The van der Waals surface area contributed by atoms with Gasteiger partial charge in [-0.3, -0.25) is 14.2 Å². The number of carbonyl (C=O) groups excluding carboxylic acids is 1. The standard InChI is InChI=1S/C30H28N2O3S2/c1-35-23-9-5-4-8-22(23)26-25-19-10-11-20(14-19)27(25)36-29-28(26)37-30(34)32(29)16-24(33)31-21-13-12-17-6-2-3-7-18(17)15-21/h2-9,12-13,15,19-20,25-27H,10-11,14,16H2,1H3,(H,31,33)/t19?,20?,25?,26-,27?/m0/s1. The molecule has 2 fully saturated rings. The average molecular weight is 529 g/mol. The van der Waals surface area contributed by atoms with Crippen molar-refractivity contribution in [3.63, 3.8) is 0 Å². The molecule has 1 N–H and O–H groups in total. The second-order valence-electron chi connectivity index (χ2n) is 10.4. The normalized spacial score (nSPS) is 25.6. The van der Waals surface area contributed by atoms with Crippen LogP contribution in [0.1, 0.15) is 35.6 Å². The van der Waals surface area contributed by atoms with Crippen LogP contribution in [-0.2, 0) is 11.3 Å². The van der Waals surface area contributed by atoms with Crippen molar-refractivity contribution in [1.29, 1.82) is 0 Å². The van der Waals surface area contributed by atoms with Gasteiger partial charge in [0, 0.05) is 27.3 Å². The molecule has 2 bridgehead atoms. The molecule has 5 atom stereocenters. The lowest BCUT2D eigenvalue weighted by molar-refractivity contribution is -0.116. The number of para-hydroxylation sites is 1. The fourth-order valence-electron chi connectivity index (χ4n) is 6.97. The Bertz CT molecular complexity index is 1570. The summed E-state index contributed by atoms with van der Waals surface area (Å²) in [5.74, 6) is 2.71. The van der Waals surface area contributed by atoms with Crippen LogP contribution >= 0.6 is 23.1 Å². The Morgan fingerprint density at radius 3 is 2.68 bits per heavy atom. The van der Waals surface area contributed by atoms with Gasteiger partial charge in [0.15, 0.2) is 0 Å². The number of nitrogens with one attached hydrogen (secondary N) is 1. The van der Waals surface area contributed by atoms with E-state index in [1.807, 2.05) is 60.3 Å². The summed E-state index contributed by atoms with van der Waals surface area (Å²) in [6, 6.07) is 22.2. The third-order valence-electron chi connectivity index (χ3n) is 8.50. The fraction of sp³-hybridized carbons (Fsp3) is 0.333. The second kappa shape index (κ2) is 9.07. The van der Waals surface area contributed by atoms with Crippen LogP contribution < -0.4 is 14.9 Å². The molecule has 0 radical (unpaired) electrons. The zero-order valence-corrected chi connectivity index (χ0v) is 22.2. The van der Waals surface area contributed by atoms with Gasteiger partial charge in [-0.2, -0.15) is 0 Å². The highest BCUT2D eigenvalue weighted by molar-refractivity contribution is 8.00. The monoisotopic (exact) mass is 528 g/mol. The molecule has 7 rings (SSSR count). The van der Waals surface area contributed by atoms with E-state index >= 15 is 0 Å². The molecule has 1 amide bonds. The second-order valence-corrected chi connectivity index (χ2v) is 12.6. The topological polar surface area (TPSA) is 60.3 Å². The Kier molecular flexibility index (Phi) is 5.66. The number of fused-ring (bicyclic) bond motifs is 7. The molecule has 5 nitrogen and oxygen atoms in total. The average Bonchev–Trinajstić information content (AvgIpc) is 3.62. The maximum atomic E-state index is 13.4. The highest BCUT2D eigenvalue weighted by Gasteiger charge is 2.55. The zero-order valence-electron chi connectivity index (χ0n) is 20.6. The van der Waals surface area contributed by atoms with Gasteiger partial charge in [0.1, 0.15) is 12.3 Å². The highest BCUT2D eigenvalue weighted by Crippen LogP contribution is 2.64. The molecule has 2 saturated carbocycles. The Hall–Kier alpha value is -3.03. The highest BCUT2D eigenvalue weighted by atomic mass is 32.2. The van der Waals surface area contributed by atoms with Crippen molar-refractivity contribution >= 4 is 45.5 Å². The van der Waals surface area contributed by atoms with Gasteiger partial charge in [-0.1, -0.05) is 59.9 Å². The molecule has 0 spiro atoms. The predicted octanol–water partition coefficient (Wildman–Crippen LogP) is 6.36.